The molecule has 0 nitrogen and oxygen atoms in total. The average Bonchev–Trinajstić information content (AvgIpc) is 2.89. The first-order valence-corrected chi connectivity index (χ1v) is 12.8. The Bertz CT molecular complexity index is 1820. The molecule has 0 radical (unpaired) electrons. The molecule has 0 spiro atoms. The minimum absolute atomic E-state index is 0.575. The molecule has 6 aromatic rings. The molecule has 0 saturated heterocycles. The predicted octanol–water partition coefficient (Wildman–Crippen LogP) is 10.7. The van der Waals surface area contributed by atoms with Gasteiger partial charge in [0.2, 0.25) is 0 Å². The summed E-state index contributed by atoms with van der Waals surface area (Å²) in [6.45, 7) is 8.30. The van der Waals surface area contributed by atoms with Crippen LogP contribution in [-0.2, 0) is 6.18 Å². The molecule has 188 valence electrons. The second kappa shape index (κ2) is 8.73. The monoisotopic (exact) mass is 504 g/mol. The highest BCUT2D eigenvalue weighted by Gasteiger charge is 2.31. The molecule has 0 bridgehead atoms. The smallest absolute Gasteiger partial charge is 0.166 e. The lowest BCUT2D eigenvalue weighted by Crippen LogP contribution is -2.04. The van der Waals surface area contributed by atoms with Gasteiger partial charge in [-0.15, -0.1) is 0 Å². The largest absolute Gasteiger partial charge is 0.416 e. The maximum atomic E-state index is 13.8. The Hall–Kier alpha value is -4.11. The molecular weight excluding hydrogens is 477 g/mol. The molecule has 0 fully saturated rings. The van der Waals surface area contributed by atoms with Crippen LogP contribution in [0.4, 0.5) is 13.2 Å². The molecule has 38 heavy (non-hydrogen) atoms. The number of benzene rings is 6. The van der Waals surface area contributed by atoms with Gasteiger partial charge in [0.15, 0.2) is 0 Å². The van der Waals surface area contributed by atoms with Gasteiger partial charge in [-0.1, -0.05) is 72.8 Å². The van der Waals surface area contributed by atoms with Gasteiger partial charge in [-0.2, -0.15) is 13.2 Å². The quantitative estimate of drug-likeness (QED) is 0.206. The van der Waals surface area contributed by atoms with Crippen molar-refractivity contribution in [2.75, 3.05) is 0 Å². The van der Waals surface area contributed by atoms with Gasteiger partial charge in [0.05, 0.1) is 5.56 Å². The van der Waals surface area contributed by atoms with E-state index in [0.717, 1.165) is 71.9 Å². The first-order chi connectivity index (χ1) is 18.1. The lowest BCUT2D eigenvalue weighted by Gasteiger charge is -2.21. The van der Waals surface area contributed by atoms with Crippen molar-refractivity contribution in [2.45, 2.75) is 33.9 Å². The summed E-state index contributed by atoms with van der Waals surface area (Å²) in [7, 11) is 0. The molecule has 0 amide bonds. The summed E-state index contributed by atoms with van der Waals surface area (Å²) in [6, 6.07) is 29.2. The van der Waals surface area contributed by atoms with E-state index >= 15 is 0 Å². The molecule has 0 unspecified atom stereocenters. The summed E-state index contributed by atoms with van der Waals surface area (Å²) in [5.74, 6) is 0. The van der Waals surface area contributed by atoms with Gasteiger partial charge in [0.1, 0.15) is 0 Å². The summed E-state index contributed by atoms with van der Waals surface area (Å²) in [4.78, 5) is 0. The maximum absolute atomic E-state index is 13.8. The van der Waals surface area contributed by atoms with Crippen LogP contribution in [0.15, 0.2) is 91.0 Å². The van der Waals surface area contributed by atoms with Crippen molar-refractivity contribution >= 4 is 32.3 Å². The number of alkyl halides is 3. The van der Waals surface area contributed by atoms with Crippen LogP contribution >= 0.6 is 0 Å². The molecule has 0 saturated carbocycles. The van der Waals surface area contributed by atoms with Crippen LogP contribution in [0.25, 0.3) is 54.6 Å². The van der Waals surface area contributed by atoms with Crippen LogP contribution in [-0.4, -0.2) is 0 Å². The Morgan fingerprint density at radius 2 is 0.921 bits per heavy atom. The number of fused-ring (bicyclic) bond motifs is 3. The zero-order chi connectivity index (χ0) is 26.8. The van der Waals surface area contributed by atoms with Gasteiger partial charge in [0.25, 0.3) is 0 Å². The van der Waals surface area contributed by atoms with Crippen LogP contribution in [0.1, 0.15) is 27.8 Å². The molecule has 0 N–H and O–H groups in total. The first-order valence-electron chi connectivity index (χ1n) is 12.8. The normalized spacial score (nSPS) is 12.1. The zero-order valence-corrected chi connectivity index (χ0v) is 21.8. The summed E-state index contributed by atoms with van der Waals surface area (Å²) >= 11 is 0. The van der Waals surface area contributed by atoms with Gasteiger partial charge in [-0.05, 0) is 123 Å². The molecule has 3 heteroatoms. The molecule has 0 aliphatic carbocycles. The molecule has 0 aliphatic rings. The summed E-state index contributed by atoms with van der Waals surface area (Å²) < 4.78 is 41.3. The highest BCUT2D eigenvalue weighted by atomic mass is 19.4. The van der Waals surface area contributed by atoms with Crippen molar-refractivity contribution in [3.8, 4) is 22.3 Å². The van der Waals surface area contributed by atoms with Crippen molar-refractivity contribution in [3.05, 3.63) is 119 Å². The number of rotatable bonds is 2. The Morgan fingerprint density at radius 3 is 1.42 bits per heavy atom. The topological polar surface area (TPSA) is 0 Å². The van der Waals surface area contributed by atoms with Crippen LogP contribution in [0, 0.1) is 27.7 Å². The number of hydrogen-bond acceptors (Lipinski definition) is 0. The van der Waals surface area contributed by atoms with Crippen molar-refractivity contribution < 1.29 is 13.2 Å². The van der Waals surface area contributed by atoms with E-state index in [2.05, 4.69) is 82.3 Å². The fraction of sp³-hybridized carbons (Fsp3) is 0.143. The van der Waals surface area contributed by atoms with E-state index in [-0.39, 0.29) is 0 Å². The third kappa shape index (κ3) is 3.94. The molecule has 0 heterocycles. The number of halogens is 3. The second-order valence-electron chi connectivity index (χ2n) is 10.4. The third-order valence-corrected chi connectivity index (χ3v) is 7.86. The average molecular weight is 505 g/mol. The summed E-state index contributed by atoms with van der Waals surface area (Å²) in [6.07, 6.45) is -4.41. The first kappa shape index (κ1) is 24.2. The van der Waals surface area contributed by atoms with E-state index in [1.165, 1.54) is 17.5 Å². The lowest BCUT2D eigenvalue weighted by atomic mass is 9.83. The fourth-order valence-electron chi connectivity index (χ4n) is 5.57. The predicted molar refractivity (Wildman–Crippen MR) is 154 cm³/mol. The van der Waals surface area contributed by atoms with Crippen molar-refractivity contribution in [3.63, 3.8) is 0 Å². The Morgan fingerprint density at radius 1 is 0.447 bits per heavy atom. The zero-order valence-electron chi connectivity index (χ0n) is 21.8. The van der Waals surface area contributed by atoms with E-state index < -0.39 is 11.7 Å². The van der Waals surface area contributed by atoms with Crippen LogP contribution in [0.3, 0.4) is 0 Å². The van der Waals surface area contributed by atoms with Crippen LogP contribution < -0.4 is 0 Å². The van der Waals surface area contributed by atoms with E-state index in [1.54, 1.807) is 6.07 Å². The van der Waals surface area contributed by atoms with Gasteiger partial charge in [0, 0.05) is 0 Å². The van der Waals surface area contributed by atoms with Crippen molar-refractivity contribution in [1.29, 1.82) is 0 Å². The highest BCUT2D eigenvalue weighted by molar-refractivity contribution is 6.22. The third-order valence-electron chi connectivity index (χ3n) is 7.86. The maximum Gasteiger partial charge on any atom is 0.416 e. The molecule has 6 rings (SSSR count). The second-order valence-corrected chi connectivity index (χ2v) is 10.4. The van der Waals surface area contributed by atoms with Crippen molar-refractivity contribution in [1.82, 2.24) is 0 Å². The van der Waals surface area contributed by atoms with E-state index in [9.17, 15) is 13.2 Å². The van der Waals surface area contributed by atoms with Gasteiger partial charge >= 0.3 is 6.18 Å². The Kier molecular flexibility index (Phi) is 5.57. The van der Waals surface area contributed by atoms with E-state index in [1.807, 2.05) is 12.1 Å². The lowest BCUT2D eigenvalue weighted by molar-refractivity contribution is -0.137. The summed E-state index contributed by atoms with van der Waals surface area (Å²) in [5.41, 5.74) is 7.52. The number of hydrogen-bond donors (Lipinski definition) is 0. The van der Waals surface area contributed by atoms with Crippen LogP contribution in [0.5, 0.6) is 0 Å². The van der Waals surface area contributed by atoms with E-state index in [4.69, 9.17) is 0 Å². The molecule has 0 aliphatic heterocycles. The van der Waals surface area contributed by atoms with Gasteiger partial charge in [-0.25, -0.2) is 0 Å². The Balaban J connectivity index is 1.82. The van der Waals surface area contributed by atoms with Gasteiger partial charge in [-0.3, -0.25) is 0 Å². The fourth-order valence-corrected chi connectivity index (χ4v) is 5.57. The molecule has 6 aromatic carbocycles. The SMILES string of the molecule is Cc1cc2c(-c3cccc(C(F)(F)F)c3)c3cc(C)c(C)cc3c(-c3ccc4ccccc4c3)c2cc1C. The molecule has 0 aromatic heterocycles. The standard InChI is InChI=1S/C35H27F3/c1-20-14-29-31(16-22(20)3)34(27-13-12-24-8-5-6-9-25(24)18-27)32-17-23(4)21(2)15-30(32)33(29)26-10-7-11-28(19-26)35(36,37)38/h5-19H,1-4H3. The Labute approximate surface area is 220 Å². The van der Waals surface area contributed by atoms with Crippen LogP contribution in [0.2, 0.25) is 0 Å². The minimum Gasteiger partial charge on any atom is -0.166 e. The molecule has 0 atom stereocenters. The highest BCUT2D eigenvalue weighted by Crippen LogP contribution is 2.46. The molecular formula is C35H27F3. The van der Waals surface area contributed by atoms with E-state index in [0.29, 0.717) is 5.56 Å². The van der Waals surface area contributed by atoms with Gasteiger partial charge < -0.3 is 0 Å². The minimum atomic E-state index is -4.41. The van der Waals surface area contributed by atoms with Crippen molar-refractivity contribution in [2.24, 2.45) is 0 Å². The summed E-state index contributed by atoms with van der Waals surface area (Å²) in [5, 5.41) is 6.35. The number of aryl methyl sites for hydroxylation is 4.